The van der Waals surface area contributed by atoms with Crippen LogP contribution in [0.2, 0.25) is 0 Å². The molecule has 172 valence electrons. The number of likely N-dealkylation sites (tertiary alicyclic amines) is 2. The first-order valence-electron chi connectivity index (χ1n) is 10.6. The Morgan fingerprint density at radius 2 is 1.74 bits per heavy atom. The molecule has 1 aromatic carbocycles. The number of aliphatic carboxylic acids is 1. The van der Waals surface area contributed by atoms with Gasteiger partial charge in [0, 0.05) is 31.5 Å². The second-order valence-corrected chi connectivity index (χ2v) is 8.57. The molecule has 3 saturated heterocycles. The molecule has 3 heterocycles. The zero-order valence-electron chi connectivity index (χ0n) is 17.6. The van der Waals surface area contributed by atoms with Crippen molar-refractivity contribution in [1.82, 2.24) is 9.80 Å². The van der Waals surface area contributed by atoms with Crippen LogP contribution in [0, 0.1) is 18.8 Å². The van der Waals surface area contributed by atoms with Crippen molar-refractivity contribution in [3.63, 3.8) is 0 Å². The van der Waals surface area contributed by atoms with Gasteiger partial charge in [0.15, 0.2) is 0 Å². The van der Waals surface area contributed by atoms with Crippen LogP contribution >= 0.6 is 0 Å². The van der Waals surface area contributed by atoms with E-state index >= 15 is 0 Å². The van der Waals surface area contributed by atoms with E-state index in [2.05, 4.69) is 36.1 Å². The molecule has 0 bridgehead atoms. The minimum Gasteiger partial charge on any atom is -0.475 e. The summed E-state index contributed by atoms with van der Waals surface area (Å²) in [5, 5.41) is 7.12. The van der Waals surface area contributed by atoms with Gasteiger partial charge in [-0.25, -0.2) is 4.79 Å². The van der Waals surface area contributed by atoms with Crippen molar-refractivity contribution < 1.29 is 32.6 Å². The lowest BCUT2D eigenvalue weighted by molar-refractivity contribution is -0.192. The zero-order valence-corrected chi connectivity index (χ0v) is 17.6. The number of fused-ring (bicyclic) bond motifs is 1. The van der Waals surface area contributed by atoms with E-state index in [0.717, 1.165) is 31.8 Å². The van der Waals surface area contributed by atoms with E-state index in [1.807, 2.05) is 4.90 Å². The molecule has 3 aliphatic heterocycles. The molecule has 0 saturated carbocycles. The summed E-state index contributed by atoms with van der Waals surface area (Å²) in [5.41, 5.74) is 2.34. The highest BCUT2D eigenvalue weighted by Crippen LogP contribution is 2.35. The molecule has 31 heavy (non-hydrogen) atoms. The van der Waals surface area contributed by atoms with Crippen LogP contribution < -0.4 is 0 Å². The summed E-state index contributed by atoms with van der Waals surface area (Å²) < 4.78 is 37.8. The van der Waals surface area contributed by atoms with Gasteiger partial charge < -0.3 is 19.6 Å². The van der Waals surface area contributed by atoms with Gasteiger partial charge in [-0.15, -0.1) is 0 Å². The molecule has 1 aromatic rings. The monoisotopic (exact) mass is 442 g/mol. The van der Waals surface area contributed by atoms with E-state index in [-0.39, 0.29) is 12.0 Å². The summed E-state index contributed by atoms with van der Waals surface area (Å²) in [6.45, 7) is 8.26. The number of rotatable bonds is 4. The number of hydrogen-bond donors (Lipinski definition) is 1. The number of benzene rings is 1. The van der Waals surface area contributed by atoms with Gasteiger partial charge in [0.05, 0.1) is 19.1 Å². The zero-order chi connectivity index (χ0) is 22.6. The van der Waals surface area contributed by atoms with E-state index in [4.69, 9.17) is 14.6 Å². The second-order valence-electron chi connectivity index (χ2n) is 8.57. The van der Waals surface area contributed by atoms with Crippen LogP contribution in [0.25, 0.3) is 0 Å². The minimum absolute atomic E-state index is 0.247. The quantitative estimate of drug-likeness (QED) is 0.777. The van der Waals surface area contributed by atoms with Crippen molar-refractivity contribution in [2.24, 2.45) is 11.8 Å². The highest BCUT2D eigenvalue weighted by atomic mass is 19.4. The third kappa shape index (κ3) is 6.43. The standard InChI is InChI=1S/C20H28N2O2.C2HF3O2/c1-15-4-6-16(7-5-15)10-20(23)22-12-18-17(14-24-19(18)13-22)11-21-8-2-3-9-21;3-2(4,5)1(6)7/h4-7,17-19H,2-3,8-14H2,1H3;(H,6,7)/t17-,18-,19-;/m1./s1. The molecule has 0 unspecified atom stereocenters. The maximum atomic E-state index is 12.6. The van der Waals surface area contributed by atoms with E-state index in [0.29, 0.717) is 18.3 Å². The van der Waals surface area contributed by atoms with Crippen molar-refractivity contribution in [3.05, 3.63) is 35.4 Å². The van der Waals surface area contributed by atoms with Crippen LogP contribution in [-0.4, -0.2) is 78.4 Å². The van der Waals surface area contributed by atoms with Crippen molar-refractivity contribution in [2.45, 2.75) is 38.5 Å². The van der Waals surface area contributed by atoms with Crippen LogP contribution in [0.1, 0.15) is 24.0 Å². The van der Waals surface area contributed by atoms with Crippen LogP contribution in [0.4, 0.5) is 13.2 Å². The molecule has 4 rings (SSSR count). The van der Waals surface area contributed by atoms with Gasteiger partial charge in [-0.3, -0.25) is 4.79 Å². The van der Waals surface area contributed by atoms with Gasteiger partial charge in [-0.05, 0) is 38.4 Å². The smallest absolute Gasteiger partial charge is 0.475 e. The summed E-state index contributed by atoms with van der Waals surface area (Å²) >= 11 is 0. The Hall–Kier alpha value is -2.13. The number of carbonyl (C=O) groups excluding carboxylic acids is 1. The molecule has 0 aromatic heterocycles. The number of carboxylic acid groups (broad SMARTS) is 1. The molecular formula is C22H29F3N2O4. The number of alkyl halides is 3. The molecule has 9 heteroatoms. The lowest BCUT2D eigenvalue weighted by atomic mass is 9.93. The molecule has 3 atom stereocenters. The average molecular weight is 442 g/mol. The third-order valence-electron chi connectivity index (χ3n) is 6.20. The SMILES string of the molecule is Cc1ccc(CC(=O)N2C[C@@H]3[C@H](CN4CCCC4)CO[C@@H]3C2)cc1.O=C(O)C(F)(F)F. The fourth-order valence-electron chi connectivity index (χ4n) is 4.48. The average Bonchev–Trinajstić information content (AvgIpc) is 3.42. The fraction of sp³-hybridized carbons (Fsp3) is 0.636. The van der Waals surface area contributed by atoms with Crippen LogP contribution in [-0.2, 0) is 20.7 Å². The maximum absolute atomic E-state index is 12.6. The first-order chi connectivity index (χ1) is 14.6. The van der Waals surface area contributed by atoms with Crippen molar-refractivity contribution in [2.75, 3.05) is 39.3 Å². The Kier molecular flexibility index (Phi) is 7.59. The number of aryl methyl sites for hydroxylation is 1. The van der Waals surface area contributed by atoms with Crippen molar-refractivity contribution in [3.8, 4) is 0 Å². The van der Waals surface area contributed by atoms with Crippen LogP contribution in [0.5, 0.6) is 0 Å². The summed E-state index contributed by atoms with van der Waals surface area (Å²) in [5.74, 6) is -1.37. The minimum atomic E-state index is -5.08. The lowest BCUT2D eigenvalue weighted by Gasteiger charge is -2.24. The topological polar surface area (TPSA) is 70.1 Å². The Balaban J connectivity index is 0.000000339. The number of nitrogens with zero attached hydrogens (tertiary/aromatic N) is 2. The number of carbonyl (C=O) groups is 2. The molecule has 0 spiro atoms. The summed E-state index contributed by atoms with van der Waals surface area (Å²) in [4.78, 5) is 26.1. The Morgan fingerprint density at radius 1 is 1.13 bits per heavy atom. The molecule has 6 nitrogen and oxygen atoms in total. The highest BCUT2D eigenvalue weighted by Gasteiger charge is 2.45. The first kappa shape index (κ1) is 23.5. The van der Waals surface area contributed by atoms with E-state index in [1.54, 1.807) is 0 Å². The number of hydrogen-bond acceptors (Lipinski definition) is 4. The van der Waals surface area contributed by atoms with Crippen LogP contribution in [0.15, 0.2) is 24.3 Å². The summed E-state index contributed by atoms with van der Waals surface area (Å²) in [7, 11) is 0. The number of amides is 1. The normalized spacial score (nSPS) is 25.8. The van der Waals surface area contributed by atoms with Crippen molar-refractivity contribution in [1.29, 1.82) is 0 Å². The highest BCUT2D eigenvalue weighted by molar-refractivity contribution is 5.79. The van der Waals surface area contributed by atoms with E-state index < -0.39 is 12.1 Å². The van der Waals surface area contributed by atoms with Gasteiger partial charge in [0.2, 0.25) is 5.91 Å². The van der Waals surface area contributed by atoms with Crippen LogP contribution in [0.3, 0.4) is 0 Å². The Labute approximate surface area is 180 Å². The molecule has 1 amide bonds. The molecule has 1 N–H and O–H groups in total. The number of ether oxygens (including phenoxy) is 1. The Bertz CT molecular complexity index is 763. The molecular weight excluding hydrogens is 413 g/mol. The van der Waals surface area contributed by atoms with Gasteiger partial charge in [-0.1, -0.05) is 29.8 Å². The summed E-state index contributed by atoms with van der Waals surface area (Å²) in [6.07, 6.45) is -1.64. The first-order valence-corrected chi connectivity index (χ1v) is 10.6. The molecule has 3 aliphatic rings. The van der Waals surface area contributed by atoms with Gasteiger partial charge in [-0.2, -0.15) is 13.2 Å². The third-order valence-corrected chi connectivity index (χ3v) is 6.20. The predicted molar refractivity (Wildman–Crippen MR) is 108 cm³/mol. The number of halogens is 3. The van der Waals surface area contributed by atoms with E-state index in [1.165, 1.54) is 31.5 Å². The van der Waals surface area contributed by atoms with E-state index in [9.17, 15) is 18.0 Å². The van der Waals surface area contributed by atoms with Gasteiger partial charge in [0.25, 0.3) is 0 Å². The van der Waals surface area contributed by atoms with Gasteiger partial charge >= 0.3 is 12.1 Å². The predicted octanol–water partition coefficient (Wildman–Crippen LogP) is 2.74. The summed E-state index contributed by atoms with van der Waals surface area (Å²) in [6, 6.07) is 8.29. The second kappa shape index (κ2) is 9.99. The Morgan fingerprint density at radius 3 is 2.32 bits per heavy atom. The maximum Gasteiger partial charge on any atom is 0.490 e. The van der Waals surface area contributed by atoms with Crippen molar-refractivity contribution >= 4 is 11.9 Å². The largest absolute Gasteiger partial charge is 0.490 e. The lowest BCUT2D eigenvalue weighted by Crippen LogP contribution is -2.35. The number of carboxylic acids is 1. The molecule has 3 fully saturated rings. The molecule has 0 aliphatic carbocycles. The van der Waals surface area contributed by atoms with Gasteiger partial charge in [0.1, 0.15) is 0 Å². The molecule has 0 radical (unpaired) electrons. The fourth-order valence-corrected chi connectivity index (χ4v) is 4.48.